The quantitative estimate of drug-likeness (QED) is 0.837. The monoisotopic (exact) mass is 313 g/mol. The molecule has 0 amide bonds. The van der Waals surface area contributed by atoms with Crippen LogP contribution in [0.15, 0.2) is 17.0 Å². The van der Waals surface area contributed by atoms with Gasteiger partial charge in [0, 0.05) is 6.04 Å². The van der Waals surface area contributed by atoms with Crippen LogP contribution in [-0.2, 0) is 10.0 Å². The Hall–Kier alpha value is -1.07. The Kier molecular flexibility index (Phi) is 6.23. The molecular formula is C16H27NO3S. The lowest BCUT2D eigenvalue weighted by atomic mass is 10.0. The van der Waals surface area contributed by atoms with E-state index in [0.29, 0.717) is 17.1 Å². The Balaban J connectivity index is 3.34. The maximum atomic E-state index is 12.5. The second-order valence-electron chi connectivity index (χ2n) is 5.67. The molecule has 1 aromatic carbocycles. The van der Waals surface area contributed by atoms with Crippen LogP contribution >= 0.6 is 0 Å². The number of rotatable bonds is 7. The number of hydrogen-bond donors (Lipinski definition) is 1. The molecule has 1 atom stereocenters. The molecule has 0 aliphatic carbocycles. The zero-order valence-electron chi connectivity index (χ0n) is 13.9. The summed E-state index contributed by atoms with van der Waals surface area (Å²) in [5, 5.41) is 0. The summed E-state index contributed by atoms with van der Waals surface area (Å²) >= 11 is 0. The van der Waals surface area contributed by atoms with E-state index in [-0.39, 0.29) is 12.0 Å². The van der Waals surface area contributed by atoms with Crippen LogP contribution in [0.2, 0.25) is 0 Å². The van der Waals surface area contributed by atoms with Crippen LogP contribution in [0.5, 0.6) is 5.75 Å². The summed E-state index contributed by atoms with van der Waals surface area (Å²) in [4.78, 5) is 0.343. The van der Waals surface area contributed by atoms with Crippen LogP contribution in [-0.4, -0.2) is 21.1 Å². The Morgan fingerprint density at radius 2 is 1.81 bits per heavy atom. The van der Waals surface area contributed by atoms with Gasteiger partial charge in [-0.2, -0.15) is 0 Å². The summed E-state index contributed by atoms with van der Waals surface area (Å²) < 4.78 is 33.4. The van der Waals surface area contributed by atoms with Crippen LogP contribution in [0.25, 0.3) is 0 Å². The minimum atomic E-state index is -3.50. The van der Waals surface area contributed by atoms with Crippen molar-refractivity contribution < 1.29 is 13.2 Å². The van der Waals surface area contributed by atoms with Crippen LogP contribution in [0.1, 0.15) is 58.1 Å². The third-order valence-corrected chi connectivity index (χ3v) is 5.22. The topological polar surface area (TPSA) is 55.4 Å². The lowest BCUT2D eigenvalue weighted by Gasteiger charge is -2.19. The van der Waals surface area contributed by atoms with Gasteiger partial charge in [-0.15, -0.1) is 0 Å². The highest BCUT2D eigenvalue weighted by Crippen LogP contribution is 2.31. The second kappa shape index (κ2) is 7.27. The molecular weight excluding hydrogens is 286 g/mol. The van der Waals surface area contributed by atoms with Gasteiger partial charge in [0.25, 0.3) is 0 Å². The summed E-state index contributed by atoms with van der Waals surface area (Å²) in [5.41, 5.74) is 1.63. The highest BCUT2D eigenvalue weighted by Gasteiger charge is 2.22. The molecule has 0 aliphatic rings. The molecule has 1 rings (SSSR count). The third kappa shape index (κ3) is 4.45. The van der Waals surface area contributed by atoms with E-state index in [0.717, 1.165) is 17.7 Å². The van der Waals surface area contributed by atoms with E-state index >= 15 is 0 Å². The zero-order valence-corrected chi connectivity index (χ0v) is 14.7. The molecule has 4 nitrogen and oxygen atoms in total. The highest BCUT2D eigenvalue weighted by atomic mass is 32.2. The number of sulfonamides is 1. The molecule has 0 spiro atoms. The Labute approximate surface area is 129 Å². The van der Waals surface area contributed by atoms with E-state index in [9.17, 15) is 8.42 Å². The first-order valence-corrected chi connectivity index (χ1v) is 9.00. The largest absolute Gasteiger partial charge is 0.494 e. The molecule has 0 radical (unpaired) electrons. The van der Waals surface area contributed by atoms with Crippen LogP contribution < -0.4 is 9.46 Å². The molecule has 0 saturated heterocycles. The van der Waals surface area contributed by atoms with Crippen molar-refractivity contribution in [2.45, 2.75) is 64.8 Å². The number of aryl methyl sites for hydroxylation is 1. The molecule has 0 aromatic heterocycles. The smallest absolute Gasteiger partial charge is 0.241 e. The SMILES string of the molecule is CCOc1cc(C)c(S(=O)(=O)N[C@H](C)CC)cc1C(C)C. The maximum Gasteiger partial charge on any atom is 0.241 e. The van der Waals surface area contributed by atoms with Crippen molar-refractivity contribution in [2.24, 2.45) is 0 Å². The molecule has 120 valence electrons. The van der Waals surface area contributed by atoms with E-state index in [4.69, 9.17) is 4.74 Å². The van der Waals surface area contributed by atoms with Crippen molar-refractivity contribution in [2.75, 3.05) is 6.61 Å². The fraction of sp³-hybridized carbons (Fsp3) is 0.625. The Morgan fingerprint density at radius 3 is 2.29 bits per heavy atom. The minimum Gasteiger partial charge on any atom is -0.494 e. The van der Waals surface area contributed by atoms with E-state index in [1.54, 1.807) is 13.0 Å². The molecule has 21 heavy (non-hydrogen) atoms. The van der Waals surface area contributed by atoms with Crippen molar-refractivity contribution in [3.8, 4) is 5.75 Å². The van der Waals surface area contributed by atoms with E-state index in [2.05, 4.69) is 4.72 Å². The molecule has 0 saturated carbocycles. The van der Waals surface area contributed by atoms with Crippen LogP contribution in [0.3, 0.4) is 0 Å². The molecule has 5 heteroatoms. The summed E-state index contributed by atoms with van der Waals surface area (Å²) in [6.07, 6.45) is 0.756. The molecule has 1 aromatic rings. The van der Waals surface area contributed by atoms with Gasteiger partial charge >= 0.3 is 0 Å². The average Bonchev–Trinajstić information content (AvgIpc) is 2.37. The van der Waals surface area contributed by atoms with Gasteiger partial charge in [0.1, 0.15) is 5.75 Å². The van der Waals surface area contributed by atoms with Crippen LogP contribution in [0, 0.1) is 6.92 Å². The van der Waals surface area contributed by atoms with Gasteiger partial charge in [-0.25, -0.2) is 13.1 Å². The number of benzene rings is 1. The molecule has 0 bridgehead atoms. The standard InChI is InChI=1S/C16H27NO3S/c1-7-13(6)17-21(18,19)16-10-14(11(3)4)15(20-8-2)9-12(16)5/h9-11,13,17H,7-8H2,1-6H3/t13-/m1/s1. The molecule has 1 N–H and O–H groups in total. The van der Waals surface area contributed by atoms with Crippen molar-refractivity contribution in [1.29, 1.82) is 0 Å². The summed E-state index contributed by atoms with van der Waals surface area (Å²) in [7, 11) is -3.50. The van der Waals surface area contributed by atoms with E-state index in [1.165, 1.54) is 0 Å². The maximum absolute atomic E-state index is 12.5. The first kappa shape index (κ1) is 18.0. The average molecular weight is 313 g/mol. The fourth-order valence-corrected chi connectivity index (χ4v) is 3.70. The predicted molar refractivity (Wildman–Crippen MR) is 86.5 cm³/mol. The lowest BCUT2D eigenvalue weighted by molar-refractivity contribution is 0.334. The summed E-state index contributed by atoms with van der Waals surface area (Å²) in [6, 6.07) is 3.49. The van der Waals surface area contributed by atoms with Gasteiger partial charge < -0.3 is 4.74 Å². The molecule has 0 fully saturated rings. The van der Waals surface area contributed by atoms with Gasteiger partial charge in [0.05, 0.1) is 11.5 Å². The van der Waals surface area contributed by atoms with Gasteiger partial charge in [0.2, 0.25) is 10.0 Å². The van der Waals surface area contributed by atoms with Gasteiger partial charge in [-0.1, -0.05) is 20.8 Å². The first-order chi connectivity index (χ1) is 9.72. The summed E-state index contributed by atoms with van der Waals surface area (Å²) in [5.74, 6) is 0.970. The Bertz CT molecular complexity index is 579. The number of nitrogens with one attached hydrogen (secondary N) is 1. The third-order valence-electron chi connectivity index (χ3n) is 3.49. The van der Waals surface area contributed by atoms with Crippen molar-refractivity contribution >= 4 is 10.0 Å². The summed E-state index contributed by atoms with van der Waals surface area (Å²) in [6.45, 7) is 12.2. The van der Waals surface area contributed by atoms with Crippen molar-refractivity contribution in [1.82, 2.24) is 4.72 Å². The molecule has 0 aliphatic heterocycles. The first-order valence-electron chi connectivity index (χ1n) is 7.52. The fourth-order valence-electron chi connectivity index (χ4n) is 2.11. The number of ether oxygens (including phenoxy) is 1. The van der Waals surface area contributed by atoms with Crippen molar-refractivity contribution in [3.05, 3.63) is 23.3 Å². The predicted octanol–water partition coefficient (Wildman–Crippen LogP) is 3.59. The normalized spacial score (nSPS) is 13.5. The highest BCUT2D eigenvalue weighted by molar-refractivity contribution is 7.89. The van der Waals surface area contributed by atoms with E-state index in [1.807, 2.05) is 40.7 Å². The molecule has 0 unspecified atom stereocenters. The van der Waals surface area contributed by atoms with Crippen LogP contribution in [0.4, 0.5) is 0 Å². The Morgan fingerprint density at radius 1 is 1.19 bits per heavy atom. The minimum absolute atomic E-state index is 0.0801. The van der Waals surface area contributed by atoms with Gasteiger partial charge in [0.15, 0.2) is 0 Å². The van der Waals surface area contributed by atoms with E-state index < -0.39 is 10.0 Å². The van der Waals surface area contributed by atoms with Crippen molar-refractivity contribution in [3.63, 3.8) is 0 Å². The molecule has 0 heterocycles. The number of hydrogen-bond acceptors (Lipinski definition) is 3. The van der Waals surface area contributed by atoms with Gasteiger partial charge in [-0.05, 0) is 56.4 Å². The lowest BCUT2D eigenvalue weighted by Crippen LogP contribution is -2.32. The second-order valence-corrected chi connectivity index (χ2v) is 7.36. The van der Waals surface area contributed by atoms with Gasteiger partial charge in [-0.3, -0.25) is 0 Å². The zero-order chi connectivity index (χ0) is 16.2.